The molecule has 1 aliphatic rings. The van der Waals surface area contributed by atoms with Crippen LogP contribution in [0.25, 0.3) is 16.7 Å². The highest BCUT2D eigenvalue weighted by Gasteiger charge is 2.25. The van der Waals surface area contributed by atoms with Gasteiger partial charge in [0.25, 0.3) is 5.56 Å². The summed E-state index contributed by atoms with van der Waals surface area (Å²) in [7, 11) is 0. The number of hydrogen-bond donors (Lipinski definition) is 0. The molecule has 7 heteroatoms. The number of piperidine rings is 1. The summed E-state index contributed by atoms with van der Waals surface area (Å²) in [6.07, 6.45) is 4.32. The fraction of sp³-hybridized carbons (Fsp3) is 0.348. The molecule has 1 saturated heterocycles. The molecule has 30 heavy (non-hydrogen) atoms. The average molecular weight is 406 g/mol. The Morgan fingerprint density at radius 3 is 2.83 bits per heavy atom. The van der Waals surface area contributed by atoms with Gasteiger partial charge in [0.05, 0.1) is 0 Å². The van der Waals surface area contributed by atoms with Gasteiger partial charge < -0.3 is 9.32 Å². The third kappa shape index (κ3) is 3.50. The number of fused-ring (bicyclic) bond motifs is 2. The highest BCUT2D eigenvalue weighted by molar-refractivity contribution is 5.72. The predicted octanol–water partition coefficient (Wildman–Crippen LogP) is 3.71. The first-order chi connectivity index (χ1) is 14.6. The third-order valence-electron chi connectivity index (χ3n) is 6.02. The lowest BCUT2D eigenvalue weighted by Gasteiger charge is -2.30. The fourth-order valence-corrected chi connectivity index (χ4v) is 4.29. The van der Waals surface area contributed by atoms with Crippen LogP contribution in [0.15, 0.2) is 51.8 Å². The van der Waals surface area contributed by atoms with E-state index in [1.807, 2.05) is 25.1 Å². The molecule has 5 rings (SSSR count). The summed E-state index contributed by atoms with van der Waals surface area (Å²) in [5.74, 6) is 0.629. The molecule has 0 bridgehead atoms. The van der Waals surface area contributed by atoms with Gasteiger partial charge in [0.15, 0.2) is 11.5 Å². The second-order valence-electron chi connectivity index (χ2n) is 7.94. The number of hydrogen-bond acceptors (Lipinski definition) is 5. The van der Waals surface area contributed by atoms with E-state index < -0.39 is 0 Å². The molecule has 0 unspecified atom stereocenters. The molecule has 0 amide bonds. The van der Waals surface area contributed by atoms with Crippen LogP contribution in [0.4, 0.5) is 4.39 Å². The zero-order valence-electron chi connectivity index (χ0n) is 16.8. The summed E-state index contributed by atoms with van der Waals surface area (Å²) in [5.41, 5.74) is 3.50. The van der Waals surface area contributed by atoms with E-state index in [4.69, 9.17) is 4.42 Å². The smallest absolute Gasteiger partial charge is 0.261 e. The quantitative estimate of drug-likeness (QED) is 0.517. The standard InChI is InChI=1S/C23H23FN4O2/c1-15-18(23(29)28-10-3-2-4-21(28)25-15)9-13-27-11-7-16(8-12-27)22-26-19-6-5-17(24)14-20(19)30-22/h2-6,10,14,16H,7-9,11-13H2,1H3. The van der Waals surface area contributed by atoms with Crippen molar-refractivity contribution in [1.82, 2.24) is 19.3 Å². The SMILES string of the molecule is Cc1nc2ccccn2c(=O)c1CCN1CCC(c2nc3ccc(F)cc3o2)CC1. The normalized spacial score (nSPS) is 15.9. The molecule has 0 spiro atoms. The van der Waals surface area contributed by atoms with Crippen molar-refractivity contribution in [2.45, 2.75) is 32.1 Å². The molecule has 4 aromatic rings. The third-order valence-corrected chi connectivity index (χ3v) is 6.02. The largest absolute Gasteiger partial charge is 0.440 e. The van der Waals surface area contributed by atoms with Gasteiger partial charge in [-0.05, 0) is 63.5 Å². The molecule has 0 radical (unpaired) electrons. The summed E-state index contributed by atoms with van der Waals surface area (Å²) in [6, 6.07) is 10.0. The van der Waals surface area contributed by atoms with E-state index in [0.29, 0.717) is 29.1 Å². The van der Waals surface area contributed by atoms with Crippen LogP contribution < -0.4 is 5.56 Å². The van der Waals surface area contributed by atoms with Gasteiger partial charge in [-0.3, -0.25) is 9.20 Å². The number of aromatic nitrogens is 3. The minimum absolute atomic E-state index is 0.0201. The van der Waals surface area contributed by atoms with Crippen LogP contribution in [0.5, 0.6) is 0 Å². The Balaban J connectivity index is 1.24. The summed E-state index contributed by atoms with van der Waals surface area (Å²) in [6.45, 7) is 4.56. The maximum absolute atomic E-state index is 13.4. The molecule has 154 valence electrons. The summed E-state index contributed by atoms with van der Waals surface area (Å²) >= 11 is 0. The molecule has 1 fully saturated rings. The number of aryl methyl sites for hydroxylation is 1. The van der Waals surface area contributed by atoms with E-state index in [1.54, 1.807) is 16.7 Å². The van der Waals surface area contributed by atoms with Crippen LogP contribution in [0.3, 0.4) is 0 Å². The van der Waals surface area contributed by atoms with Gasteiger partial charge in [-0.2, -0.15) is 0 Å². The highest BCUT2D eigenvalue weighted by Crippen LogP contribution is 2.30. The topological polar surface area (TPSA) is 63.6 Å². The van der Waals surface area contributed by atoms with Crippen molar-refractivity contribution in [1.29, 1.82) is 0 Å². The van der Waals surface area contributed by atoms with E-state index in [-0.39, 0.29) is 17.3 Å². The number of oxazole rings is 1. The Labute approximate surface area is 173 Å². The predicted molar refractivity (Wildman–Crippen MR) is 112 cm³/mol. The fourth-order valence-electron chi connectivity index (χ4n) is 4.29. The molecule has 1 aromatic carbocycles. The van der Waals surface area contributed by atoms with Crippen molar-refractivity contribution in [2.24, 2.45) is 0 Å². The number of likely N-dealkylation sites (tertiary alicyclic amines) is 1. The number of rotatable bonds is 4. The van der Waals surface area contributed by atoms with Crippen molar-refractivity contribution in [3.05, 3.63) is 75.9 Å². The van der Waals surface area contributed by atoms with Crippen molar-refractivity contribution < 1.29 is 8.81 Å². The Hall–Kier alpha value is -3.06. The molecule has 0 N–H and O–H groups in total. The number of benzene rings is 1. The van der Waals surface area contributed by atoms with Crippen LogP contribution in [0.2, 0.25) is 0 Å². The molecule has 0 atom stereocenters. The second kappa shape index (κ2) is 7.65. The maximum atomic E-state index is 13.4. The van der Waals surface area contributed by atoms with E-state index in [1.165, 1.54) is 12.1 Å². The van der Waals surface area contributed by atoms with E-state index in [2.05, 4.69) is 14.9 Å². The maximum Gasteiger partial charge on any atom is 0.261 e. The Morgan fingerprint density at radius 1 is 1.17 bits per heavy atom. The molecular weight excluding hydrogens is 383 g/mol. The van der Waals surface area contributed by atoms with Gasteiger partial charge in [0.2, 0.25) is 0 Å². The molecule has 1 aliphatic heterocycles. The first-order valence-corrected chi connectivity index (χ1v) is 10.3. The van der Waals surface area contributed by atoms with E-state index >= 15 is 0 Å². The first-order valence-electron chi connectivity index (χ1n) is 10.3. The van der Waals surface area contributed by atoms with Crippen LogP contribution in [0.1, 0.15) is 35.9 Å². The van der Waals surface area contributed by atoms with Gasteiger partial charge in [-0.1, -0.05) is 6.07 Å². The van der Waals surface area contributed by atoms with Crippen LogP contribution in [-0.2, 0) is 6.42 Å². The van der Waals surface area contributed by atoms with Gasteiger partial charge in [0.1, 0.15) is 17.0 Å². The number of halogens is 1. The lowest BCUT2D eigenvalue weighted by atomic mass is 9.96. The molecule has 6 nitrogen and oxygen atoms in total. The minimum Gasteiger partial charge on any atom is -0.440 e. The van der Waals surface area contributed by atoms with Crippen molar-refractivity contribution in [3.8, 4) is 0 Å². The molecule has 0 saturated carbocycles. The summed E-state index contributed by atoms with van der Waals surface area (Å²) in [4.78, 5) is 24.3. The molecular formula is C23H23FN4O2. The van der Waals surface area contributed by atoms with E-state index in [9.17, 15) is 9.18 Å². The lowest BCUT2D eigenvalue weighted by molar-refractivity contribution is 0.203. The zero-order valence-corrected chi connectivity index (χ0v) is 16.8. The Kier molecular flexibility index (Phi) is 4.83. The zero-order chi connectivity index (χ0) is 20.7. The van der Waals surface area contributed by atoms with E-state index in [0.717, 1.165) is 43.7 Å². The van der Waals surface area contributed by atoms with Gasteiger partial charge in [-0.15, -0.1) is 0 Å². The van der Waals surface area contributed by atoms with Crippen LogP contribution in [0, 0.1) is 12.7 Å². The number of pyridine rings is 1. The minimum atomic E-state index is -0.311. The monoisotopic (exact) mass is 406 g/mol. The van der Waals surface area contributed by atoms with Gasteiger partial charge >= 0.3 is 0 Å². The van der Waals surface area contributed by atoms with Gasteiger partial charge in [0, 0.05) is 36.0 Å². The first kappa shape index (κ1) is 18.9. The highest BCUT2D eigenvalue weighted by atomic mass is 19.1. The lowest BCUT2D eigenvalue weighted by Crippen LogP contribution is -2.35. The van der Waals surface area contributed by atoms with Gasteiger partial charge in [-0.25, -0.2) is 14.4 Å². The molecule has 0 aliphatic carbocycles. The molecule has 3 aromatic heterocycles. The van der Waals surface area contributed by atoms with Crippen molar-refractivity contribution in [3.63, 3.8) is 0 Å². The second-order valence-corrected chi connectivity index (χ2v) is 7.94. The summed E-state index contributed by atoms with van der Waals surface area (Å²) in [5, 5.41) is 0. The van der Waals surface area contributed by atoms with Crippen LogP contribution in [-0.4, -0.2) is 38.9 Å². The van der Waals surface area contributed by atoms with Crippen molar-refractivity contribution in [2.75, 3.05) is 19.6 Å². The Bertz CT molecular complexity index is 1270. The average Bonchev–Trinajstić information content (AvgIpc) is 3.17. The number of nitrogens with zero attached hydrogens (tertiary/aromatic N) is 4. The van der Waals surface area contributed by atoms with Crippen molar-refractivity contribution >= 4 is 16.7 Å². The Morgan fingerprint density at radius 2 is 2.00 bits per heavy atom. The molecule has 4 heterocycles. The van der Waals surface area contributed by atoms with Crippen LogP contribution >= 0.6 is 0 Å². The summed E-state index contributed by atoms with van der Waals surface area (Å²) < 4.78 is 20.8.